The van der Waals surface area contributed by atoms with Gasteiger partial charge in [0.15, 0.2) is 0 Å². The highest BCUT2D eigenvalue weighted by Crippen LogP contribution is 2.26. The first-order valence-electron chi connectivity index (χ1n) is 3.22. The Kier molecular flexibility index (Phi) is 2.54. The van der Waals surface area contributed by atoms with Gasteiger partial charge in [-0.3, -0.25) is 0 Å². The van der Waals surface area contributed by atoms with E-state index in [9.17, 15) is 4.79 Å². The average molecular weight is 242 g/mol. The number of carbonyl (C=O) groups is 1. The third-order valence-corrected chi connectivity index (χ3v) is 2.09. The van der Waals surface area contributed by atoms with E-state index in [1.807, 2.05) is 0 Å². The molecule has 1 rings (SSSR count). The second-order valence-electron chi connectivity index (χ2n) is 2.27. The van der Waals surface area contributed by atoms with Crippen LogP contribution in [0.5, 0.6) is 5.75 Å². The quantitative estimate of drug-likeness (QED) is 0.785. The minimum atomic E-state index is -1.26. The Bertz CT molecular complexity index is 409. The normalized spacial score (nSPS) is 9.23. The molecule has 0 heterocycles. The number of halogens is 1. The summed E-state index contributed by atoms with van der Waals surface area (Å²) in [7, 11) is 0. The van der Waals surface area contributed by atoms with Crippen LogP contribution in [0.3, 0.4) is 0 Å². The lowest BCUT2D eigenvalue weighted by atomic mass is 10.1. The molecule has 5 heteroatoms. The zero-order chi connectivity index (χ0) is 10.0. The van der Waals surface area contributed by atoms with Crippen LogP contribution >= 0.6 is 15.9 Å². The summed E-state index contributed by atoms with van der Waals surface area (Å²) in [5.41, 5.74) is -0.102. The molecule has 0 fully saturated rings. The predicted octanol–water partition coefficient (Wildman–Crippen LogP) is 1.72. The van der Waals surface area contributed by atoms with Crippen molar-refractivity contribution in [3.63, 3.8) is 0 Å². The number of carboxylic acid groups (broad SMARTS) is 1. The smallest absolute Gasteiger partial charge is 0.339 e. The monoisotopic (exact) mass is 241 g/mol. The van der Waals surface area contributed by atoms with Crippen molar-refractivity contribution in [1.29, 1.82) is 5.26 Å². The molecule has 0 atom stereocenters. The lowest BCUT2D eigenvalue weighted by Crippen LogP contribution is -1.97. The van der Waals surface area contributed by atoms with Crippen molar-refractivity contribution >= 4 is 21.9 Å². The van der Waals surface area contributed by atoms with Crippen LogP contribution in [0.25, 0.3) is 0 Å². The molecule has 1 aromatic rings. The van der Waals surface area contributed by atoms with Gasteiger partial charge in [-0.05, 0) is 28.1 Å². The van der Waals surface area contributed by atoms with E-state index in [2.05, 4.69) is 15.9 Å². The lowest BCUT2D eigenvalue weighted by molar-refractivity contribution is 0.0693. The molecule has 2 N–H and O–H groups in total. The van der Waals surface area contributed by atoms with Crippen LogP contribution in [0.15, 0.2) is 16.6 Å². The topological polar surface area (TPSA) is 81.3 Å². The molecule has 0 aliphatic carbocycles. The Morgan fingerprint density at radius 1 is 1.54 bits per heavy atom. The maximum Gasteiger partial charge on any atom is 0.339 e. The van der Waals surface area contributed by atoms with Crippen LogP contribution < -0.4 is 0 Å². The van der Waals surface area contributed by atoms with E-state index < -0.39 is 5.97 Å². The van der Waals surface area contributed by atoms with Gasteiger partial charge in [0.25, 0.3) is 0 Å². The van der Waals surface area contributed by atoms with Crippen LogP contribution in [0, 0.1) is 11.3 Å². The van der Waals surface area contributed by atoms with Gasteiger partial charge in [-0.1, -0.05) is 0 Å². The number of carboxylic acids is 1. The molecule has 0 aromatic heterocycles. The fraction of sp³-hybridized carbons (Fsp3) is 0. The molecule has 0 saturated carbocycles. The Morgan fingerprint density at radius 3 is 2.62 bits per heavy atom. The number of aromatic hydroxyl groups is 1. The summed E-state index contributed by atoms with van der Waals surface area (Å²) in [4.78, 5) is 10.5. The van der Waals surface area contributed by atoms with E-state index in [0.29, 0.717) is 4.47 Å². The Hall–Kier alpha value is -1.54. The van der Waals surface area contributed by atoms with Gasteiger partial charge in [0.1, 0.15) is 17.4 Å². The van der Waals surface area contributed by atoms with Gasteiger partial charge in [-0.15, -0.1) is 0 Å². The zero-order valence-corrected chi connectivity index (χ0v) is 7.87. The number of hydrogen-bond acceptors (Lipinski definition) is 3. The summed E-state index contributed by atoms with van der Waals surface area (Å²) in [6.07, 6.45) is 0. The van der Waals surface area contributed by atoms with Crippen molar-refractivity contribution in [3.05, 3.63) is 27.7 Å². The highest BCUT2D eigenvalue weighted by atomic mass is 79.9. The minimum Gasteiger partial charge on any atom is -0.507 e. The van der Waals surface area contributed by atoms with Crippen LogP contribution in [0.1, 0.15) is 15.9 Å². The van der Waals surface area contributed by atoms with Gasteiger partial charge >= 0.3 is 5.97 Å². The number of nitriles is 1. The highest BCUT2D eigenvalue weighted by molar-refractivity contribution is 9.10. The molecule has 0 aliphatic heterocycles. The van der Waals surface area contributed by atoms with Gasteiger partial charge in [-0.25, -0.2) is 4.79 Å². The first-order chi connectivity index (χ1) is 6.06. The molecular weight excluding hydrogens is 238 g/mol. The minimum absolute atomic E-state index is 0.176. The third kappa shape index (κ3) is 1.79. The number of phenols is 1. The van der Waals surface area contributed by atoms with E-state index in [-0.39, 0.29) is 16.9 Å². The van der Waals surface area contributed by atoms with E-state index >= 15 is 0 Å². The predicted molar refractivity (Wildman–Crippen MR) is 47.5 cm³/mol. The molecule has 0 spiro atoms. The second kappa shape index (κ2) is 3.46. The highest BCUT2D eigenvalue weighted by Gasteiger charge is 2.12. The van der Waals surface area contributed by atoms with Crippen LogP contribution in [-0.4, -0.2) is 16.2 Å². The summed E-state index contributed by atoms with van der Waals surface area (Å²) in [6, 6.07) is 4.09. The van der Waals surface area contributed by atoms with Gasteiger partial charge in [0.05, 0.1) is 5.56 Å². The van der Waals surface area contributed by atoms with Crippen LogP contribution in [-0.2, 0) is 0 Å². The van der Waals surface area contributed by atoms with Crippen molar-refractivity contribution in [2.45, 2.75) is 0 Å². The first kappa shape index (κ1) is 9.55. The van der Waals surface area contributed by atoms with E-state index in [0.717, 1.165) is 6.07 Å². The summed E-state index contributed by atoms with van der Waals surface area (Å²) in [5, 5.41) is 26.3. The van der Waals surface area contributed by atoms with Crippen molar-refractivity contribution < 1.29 is 15.0 Å². The average Bonchev–Trinajstić information content (AvgIpc) is 2.03. The van der Waals surface area contributed by atoms with Crippen LogP contribution in [0.2, 0.25) is 0 Å². The van der Waals surface area contributed by atoms with Crippen molar-refractivity contribution in [1.82, 2.24) is 0 Å². The number of aromatic carboxylic acids is 1. The number of benzene rings is 1. The molecule has 0 unspecified atom stereocenters. The molecule has 0 bridgehead atoms. The standard InChI is InChI=1S/C8H4BrNO3/c9-6-2-7(11)5(8(12)13)1-4(6)3-10/h1-2,11H,(H,12,13). The maximum absolute atomic E-state index is 10.5. The summed E-state index contributed by atoms with van der Waals surface area (Å²) in [5.74, 6) is -1.63. The number of rotatable bonds is 1. The fourth-order valence-electron chi connectivity index (χ4n) is 0.820. The van der Waals surface area contributed by atoms with Gasteiger partial charge in [0.2, 0.25) is 0 Å². The lowest BCUT2D eigenvalue weighted by Gasteiger charge is -2.01. The van der Waals surface area contributed by atoms with Crippen LogP contribution in [0.4, 0.5) is 0 Å². The maximum atomic E-state index is 10.5. The van der Waals surface area contributed by atoms with Gasteiger partial charge in [0, 0.05) is 4.47 Å². The molecule has 0 saturated heterocycles. The zero-order valence-electron chi connectivity index (χ0n) is 6.28. The molecule has 13 heavy (non-hydrogen) atoms. The fourth-order valence-corrected chi connectivity index (χ4v) is 1.24. The Morgan fingerprint density at radius 2 is 2.15 bits per heavy atom. The molecule has 1 aromatic carbocycles. The molecule has 0 aliphatic rings. The summed E-state index contributed by atoms with van der Waals surface area (Å²) >= 11 is 3.02. The third-order valence-electron chi connectivity index (χ3n) is 1.44. The van der Waals surface area contributed by atoms with Gasteiger partial charge in [-0.2, -0.15) is 5.26 Å². The molecule has 66 valence electrons. The van der Waals surface area contributed by atoms with Crippen molar-refractivity contribution in [2.75, 3.05) is 0 Å². The SMILES string of the molecule is N#Cc1cc(C(=O)O)c(O)cc1Br. The number of hydrogen-bond donors (Lipinski definition) is 2. The summed E-state index contributed by atoms with van der Waals surface area (Å²) in [6.45, 7) is 0. The number of nitrogens with zero attached hydrogens (tertiary/aromatic N) is 1. The van der Waals surface area contributed by atoms with Gasteiger partial charge < -0.3 is 10.2 Å². The summed E-state index contributed by atoms with van der Waals surface area (Å²) < 4.78 is 0.373. The largest absolute Gasteiger partial charge is 0.507 e. The van der Waals surface area contributed by atoms with E-state index in [1.165, 1.54) is 6.07 Å². The molecular formula is C8H4BrNO3. The van der Waals surface area contributed by atoms with E-state index in [1.54, 1.807) is 6.07 Å². The second-order valence-corrected chi connectivity index (χ2v) is 3.12. The first-order valence-corrected chi connectivity index (χ1v) is 4.01. The van der Waals surface area contributed by atoms with Crippen molar-refractivity contribution in [3.8, 4) is 11.8 Å². The molecule has 0 radical (unpaired) electrons. The van der Waals surface area contributed by atoms with E-state index in [4.69, 9.17) is 15.5 Å². The Labute approximate surface area is 82.2 Å². The van der Waals surface area contributed by atoms with Crippen molar-refractivity contribution in [2.24, 2.45) is 0 Å². The molecule has 0 amide bonds. The Balaban J connectivity index is 3.41. The molecule has 4 nitrogen and oxygen atoms in total.